The van der Waals surface area contributed by atoms with Gasteiger partial charge in [-0.2, -0.15) is 0 Å². The van der Waals surface area contributed by atoms with E-state index in [-0.39, 0.29) is 25.7 Å². The fourth-order valence-corrected chi connectivity index (χ4v) is 6.47. The van der Waals surface area contributed by atoms with E-state index < -0.39 is 20.0 Å². The molecule has 0 aromatic rings. The van der Waals surface area contributed by atoms with E-state index in [2.05, 4.69) is 55.6 Å². The second kappa shape index (κ2) is 38.2. The number of phosphoric ester groups is 1. The third-order valence-electron chi connectivity index (χ3n) is 8.88. The summed E-state index contributed by atoms with van der Waals surface area (Å²) in [5, 5.41) is 13.6. The van der Waals surface area contributed by atoms with Crippen molar-refractivity contribution in [1.29, 1.82) is 0 Å². The molecule has 8 nitrogen and oxygen atoms in total. The predicted octanol–water partition coefficient (Wildman–Crippen LogP) is 11.3. The highest BCUT2D eigenvalue weighted by molar-refractivity contribution is 7.47. The quantitative estimate of drug-likeness (QED) is 0.0282. The van der Waals surface area contributed by atoms with Gasteiger partial charge in [0.15, 0.2) is 0 Å². The van der Waals surface area contributed by atoms with Crippen LogP contribution in [0.5, 0.6) is 0 Å². The van der Waals surface area contributed by atoms with Crippen LogP contribution < -0.4 is 11.1 Å². The fraction of sp³-hybridized carbons (Fsp3) is 0.786. The van der Waals surface area contributed by atoms with Crippen molar-refractivity contribution >= 4 is 13.7 Å². The SMILES string of the molecule is CCCCC/C=C\C/C=C\CCCCCCCCCC(=O)NC(COP(=O)(O)OCCN)C(O)/C=C/CC/C=C/CCCCCCCCCCC. The van der Waals surface area contributed by atoms with Crippen LogP contribution in [0.2, 0.25) is 0 Å². The first-order valence-corrected chi connectivity index (χ1v) is 22.3. The number of hydrogen-bond acceptors (Lipinski definition) is 6. The Balaban J connectivity index is 4.32. The lowest BCUT2D eigenvalue weighted by atomic mass is 10.1. The summed E-state index contributed by atoms with van der Waals surface area (Å²) in [6.45, 7) is 4.07. The maximum absolute atomic E-state index is 12.7. The van der Waals surface area contributed by atoms with Crippen molar-refractivity contribution in [2.24, 2.45) is 5.73 Å². The van der Waals surface area contributed by atoms with E-state index in [1.54, 1.807) is 6.08 Å². The van der Waals surface area contributed by atoms with E-state index in [1.165, 1.54) is 103 Å². The lowest BCUT2D eigenvalue weighted by Crippen LogP contribution is -2.45. The number of unbranched alkanes of at least 4 members (excludes halogenated alkanes) is 20. The molecule has 0 rings (SSSR count). The second-order valence-electron chi connectivity index (χ2n) is 13.8. The number of phosphoric acid groups is 1. The molecule has 0 heterocycles. The van der Waals surface area contributed by atoms with Crippen molar-refractivity contribution in [2.75, 3.05) is 19.8 Å². The Morgan fingerprint density at radius 1 is 0.647 bits per heavy atom. The zero-order chi connectivity index (χ0) is 37.5. The van der Waals surface area contributed by atoms with Crippen LogP contribution in [0.3, 0.4) is 0 Å². The van der Waals surface area contributed by atoms with Crippen LogP contribution in [-0.4, -0.2) is 47.8 Å². The summed E-state index contributed by atoms with van der Waals surface area (Å²) >= 11 is 0. The van der Waals surface area contributed by atoms with Gasteiger partial charge in [-0.25, -0.2) is 4.57 Å². The molecule has 0 radical (unpaired) electrons. The van der Waals surface area contributed by atoms with Crippen LogP contribution in [0, 0.1) is 0 Å². The first-order chi connectivity index (χ1) is 24.9. The number of aliphatic hydroxyl groups excluding tert-OH is 1. The summed E-state index contributed by atoms with van der Waals surface area (Å²) in [4.78, 5) is 22.7. The summed E-state index contributed by atoms with van der Waals surface area (Å²) in [7, 11) is -4.35. The van der Waals surface area contributed by atoms with Crippen LogP contribution in [0.1, 0.15) is 181 Å². The number of aliphatic hydroxyl groups is 1. The lowest BCUT2D eigenvalue weighted by molar-refractivity contribution is -0.123. The molecule has 0 saturated carbocycles. The molecule has 0 aliphatic heterocycles. The molecule has 0 aromatic carbocycles. The highest BCUT2D eigenvalue weighted by atomic mass is 31.2. The smallest absolute Gasteiger partial charge is 0.387 e. The third kappa shape index (κ3) is 36.6. The van der Waals surface area contributed by atoms with E-state index in [0.717, 1.165) is 57.8 Å². The Kier molecular flexibility index (Phi) is 37.0. The van der Waals surface area contributed by atoms with E-state index in [1.807, 2.05) is 6.08 Å². The minimum absolute atomic E-state index is 0.0712. The molecule has 298 valence electrons. The molecule has 0 spiro atoms. The molecule has 0 bridgehead atoms. The molecule has 9 heteroatoms. The molecule has 0 aromatic heterocycles. The number of nitrogens with one attached hydrogen (secondary N) is 1. The Labute approximate surface area is 313 Å². The van der Waals surface area contributed by atoms with Gasteiger partial charge in [-0.05, 0) is 64.2 Å². The number of allylic oxidation sites excluding steroid dienone is 7. The topological polar surface area (TPSA) is 131 Å². The minimum Gasteiger partial charge on any atom is -0.387 e. The van der Waals surface area contributed by atoms with Crippen molar-refractivity contribution in [2.45, 2.75) is 193 Å². The third-order valence-corrected chi connectivity index (χ3v) is 9.86. The molecule has 0 fully saturated rings. The van der Waals surface area contributed by atoms with Gasteiger partial charge in [0.25, 0.3) is 0 Å². The van der Waals surface area contributed by atoms with Crippen molar-refractivity contribution in [3.8, 4) is 0 Å². The van der Waals surface area contributed by atoms with Crippen LogP contribution in [0.25, 0.3) is 0 Å². The predicted molar refractivity (Wildman–Crippen MR) is 217 cm³/mol. The first-order valence-electron chi connectivity index (χ1n) is 20.8. The van der Waals surface area contributed by atoms with Gasteiger partial charge in [0.2, 0.25) is 5.91 Å². The summed E-state index contributed by atoms with van der Waals surface area (Å²) < 4.78 is 22.1. The molecular weight excluding hydrogens is 659 g/mol. The number of amides is 1. The summed E-state index contributed by atoms with van der Waals surface area (Å²) in [6, 6.07) is -0.881. The highest BCUT2D eigenvalue weighted by Gasteiger charge is 2.26. The summed E-state index contributed by atoms with van der Waals surface area (Å²) in [5.74, 6) is -0.214. The summed E-state index contributed by atoms with van der Waals surface area (Å²) in [6.07, 6.45) is 45.8. The maximum Gasteiger partial charge on any atom is 0.472 e. The van der Waals surface area contributed by atoms with Crippen molar-refractivity contribution in [3.05, 3.63) is 48.6 Å². The van der Waals surface area contributed by atoms with E-state index in [0.29, 0.717) is 6.42 Å². The lowest BCUT2D eigenvalue weighted by Gasteiger charge is -2.23. The summed E-state index contributed by atoms with van der Waals surface area (Å²) in [5.41, 5.74) is 5.36. The first kappa shape index (κ1) is 49.5. The number of nitrogens with two attached hydrogens (primary N) is 1. The Bertz CT molecular complexity index is 938. The number of carbonyl (C=O) groups is 1. The molecule has 3 unspecified atom stereocenters. The van der Waals surface area contributed by atoms with Crippen molar-refractivity contribution in [3.63, 3.8) is 0 Å². The fourth-order valence-electron chi connectivity index (χ4n) is 5.71. The van der Waals surface area contributed by atoms with E-state index in [9.17, 15) is 19.4 Å². The largest absolute Gasteiger partial charge is 0.472 e. The average molecular weight is 739 g/mol. The van der Waals surface area contributed by atoms with Gasteiger partial charge in [0, 0.05) is 13.0 Å². The minimum atomic E-state index is -4.35. The van der Waals surface area contributed by atoms with E-state index in [4.69, 9.17) is 14.8 Å². The monoisotopic (exact) mass is 739 g/mol. The highest BCUT2D eigenvalue weighted by Crippen LogP contribution is 2.43. The molecule has 0 aliphatic rings. The Hall–Kier alpha value is -1.54. The second-order valence-corrected chi connectivity index (χ2v) is 15.3. The molecular formula is C42H79N2O6P. The van der Waals surface area contributed by atoms with Crippen LogP contribution >= 0.6 is 7.82 Å². The maximum atomic E-state index is 12.7. The van der Waals surface area contributed by atoms with Crippen molar-refractivity contribution < 1.29 is 28.4 Å². The van der Waals surface area contributed by atoms with E-state index >= 15 is 0 Å². The van der Waals surface area contributed by atoms with Gasteiger partial charge < -0.3 is 21.1 Å². The molecule has 3 atom stereocenters. The van der Waals surface area contributed by atoms with Crippen molar-refractivity contribution in [1.82, 2.24) is 5.32 Å². The molecule has 0 saturated heterocycles. The van der Waals surface area contributed by atoms with Gasteiger partial charge in [0.05, 0.1) is 25.4 Å². The van der Waals surface area contributed by atoms with Gasteiger partial charge in [-0.1, -0.05) is 159 Å². The normalized spacial score (nSPS) is 14.7. The standard InChI is InChI=1S/C42H79N2O6P/c1-3-5-7-9-11-13-15-17-19-20-22-24-26-28-30-32-34-36-42(46)44-40(39-50-51(47,48)49-38-37-43)41(45)35-33-31-29-27-25-23-21-18-16-14-12-10-8-6-4-2/h11,13,17,19,25,27,33,35,40-41,45H,3-10,12,14-16,18,20-24,26,28-32,34,36-39,43H2,1-2H3,(H,44,46)(H,47,48)/b13-11-,19-17-,27-25+,35-33+. The van der Waals surface area contributed by atoms with Crippen LogP contribution in [-0.2, 0) is 18.4 Å². The van der Waals surface area contributed by atoms with Gasteiger partial charge in [0.1, 0.15) is 0 Å². The Morgan fingerprint density at radius 3 is 1.67 bits per heavy atom. The molecule has 51 heavy (non-hydrogen) atoms. The van der Waals surface area contributed by atoms with Gasteiger partial charge >= 0.3 is 7.82 Å². The number of rotatable bonds is 38. The zero-order valence-corrected chi connectivity index (χ0v) is 33.7. The zero-order valence-electron chi connectivity index (χ0n) is 32.8. The van der Waals surface area contributed by atoms with Crippen LogP contribution in [0.15, 0.2) is 48.6 Å². The Morgan fingerprint density at radius 2 is 1.10 bits per heavy atom. The van der Waals surface area contributed by atoms with Crippen LogP contribution in [0.4, 0.5) is 0 Å². The molecule has 5 N–H and O–H groups in total. The van der Waals surface area contributed by atoms with Gasteiger partial charge in [-0.15, -0.1) is 0 Å². The average Bonchev–Trinajstić information content (AvgIpc) is 3.12. The van der Waals surface area contributed by atoms with Gasteiger partial charge in [-0.3, -0.25) is 13.8 Å². The molecule has 1 amide bonds. The number of carbonyl (C=O) groups excluding carboxylic acids is 1. The molecule has 0 aliphatic carbocycles. The number of hydrogen-bond donors (Lipinski definition) is 4.